The molecule has 1 nitrogen and oxygen atoms in total. The highest BCUT2D eigenvalue weighted by Gasteiger charge is 2.20. The van der Waals surface area contributed by atoms with E-state index in [1.165, 1.54) is 17.4 Å². The normalized spacial score (nSPS) is 10.6. The zero-order valence-corrected chi connectivity index (χ0v) is 13.7. The van der Waals surface area contributed by atoms with Gasteiger partial charge in [0, 0.05) is 9.85 Å². The van der Waals surface area contributed by atoms with E-state index in [1.807, 2.05) is 0 Å². The summed E-state index contributed by atoms with van der Waals surface area (Å²) in [6, 6.07) is 4.67. The number of thiophene rings is 1. The molecule has 2 aromatic rings. The van der Waals surface area contributed by atoms with Crippen molar-refractivity contribution >= 4 is 64.9 Å². The third kappa shape index (κ3) is 2.54. The molecule has 0 bridgehead atoms. The number of halogens is 4. The van der Waals surface area contributed by atoms with Crippen molar-refractivity contribution in [2.45, 2.75) is 0 Å². The third-order valence-corrected chi connectivity index (χ3v) is 6.23. The molecule has 0 aliphatic rings. The average Bonchev–Trinajstić information content (AvgIpc) is 2.63. The van der Waals surface area contributed by atoms with Crippen LogP contribution in [0.4, 0.5) is 4.39 Å². The monoisotopic (exact) mass is 440 g/mol. The molecule has 0 unspecified atom stereocenters. The van der Waals surface area contributed by atoms with Crippen LogP contribution >= 0.6 is 59.1 Å². The molecule has 88 valence electrons. The zero-order chi connectivity index (χ0) is 12.6. The fraction of sp³-hybridized carbons (Fsp3) is 0. The van der Waals surface area contributed by atoms with Gasteiger partial charge < -0.3 is 0 Å². The quantitative estimate of drug-likeness (QED) is 0.569. The van der Waals surface area contributed by atoms with E-state index in [9.17, 15) is 9.18 Å². The maximum atomic E-state index is 13.8. The predicted molar refractivity (Wildman–Crippen MR) is 77.3 cm³/mol. The van der Waals surface area contributed by atoms with Crippen LogP contribution in [0.25, 0.3) is 0 Å². The van der Waals surface area contributed by atoms with E-state index in [1.54, 1.807) is 17.5 Å². The molecule has 0 N–H and O–H groups in total. The lowest BCUT2D eigenvalue weighted by Gasteiger charge is -2.02. The Balaban J connectivity index is 2.51. The molecule has 0 saturated heterocycles. The largest absolute Gasteiger partial charge is 0.288 e. The van der Waals surface area contributed by atoms with Crippen molar-refractivity contribution in [3.63, 3.8) is 0 Å². The first kappa shape index (κ1) is 13.4. The third-order valence-electron chi connectivity index (χ3n) is 2.09. The van der Waals surface area contributed by atoms with Crippen LogP contribution in [0.3, 0.4) is 0 Å². The second-order valence-electron chi connectivity index (χ2n) is 3.16. The van der Waals surface area contributed by atoms with Crippen LogP contribution in [0, 0.1) is 5.82 Å². The number of hydrogen-bond acceptors (Lipinski definition) is 2. The molecule has 0 fully saturated rings. The minimum atomic E-state index is -0.533. The predicted octanol–water partition coefficient (Wildman–Crippen LogP) is 5.41. The molecular formula is C11H4Br3FOS. The smallest absolute Gasteiger partial charge is 0.207 e. The SMILES string of the molecule is O=C(c1cccc(Br)c1F)c1scc(Br)c1Br. The van der Waals surface area contributed by atoms with Gasteiger partial charge in [-0.05, 0) is 59.9 Å². The van der Waals surface area contributed by atoms with E-state index in [-0.39, 0.29) is 15.8 Å². The molecule has 0 radical (unpaired) electrons. The molecule has 0 aliphatic carbocycles. The molecule has 0 spiro atoms. The Labute approximate surface area is 126 Å². The Morgan fingerprint density at radius 1 is 1.18 bits per heavy atom. The van der Waals surface area contributed by atoms with Crippen LogP contribution in [0.1, 0.15) is 15.2 Å². The summed E-state index contributed by atoms with van der Waals surface area (Å²) >= 11 is 10.9. The van der Waals surface area contributed by atoms with Gasteiger partial charge in [0.2, 0.25) is 5.78 Å². The first-order valence-corrected chi connectivity index (χ1v) is 7.69. The summed E-state index contributed by atoms with van der Waals surface area (Å²) in [6.07, 6.45) is 0. The summed E-state index contributed by atoms with van der Waals surface area (Å²) in [4.78, 5) is 12.6. The van der Waals surface area contributed by atoms with Crippen LogP contribution in [-0.4, -0.2) is 5.78 Å². The molecule has 1 heterocycles. The minimum absolute atomic E-state index is 0.0643. The standard InChI is InChI=1S/C11H4Br3FOS/c12-6-3-1-2-5(9(6)15)10(16)11-8(14)7(13)4-17-11/h1-4H. The highest BCUT2D eigenvalue weighted by atomic mass is 79.9. The summed E-state index contributed by atoms with van der Waals surface area (Å²) in [7, 11) is 0. The highest BCUT2D eigenvalue weighted by molar-refractivity contribution is 9.13. The second kappa shape index (κ2) is 5.30. The Morgan fingerprint density at radius 2 is 1.88 bits per heavy atom. The van der Waals surface area contributed by atoms with Crippen molar-refractivity contribution in [1.82, 2.24) is 0 Å². The lowest BCUT2D eigenvalue weighted by Crippen LogP contribution is -2.03. The first-order valence-electron chi connectivity index (χ1n) is 4.43. The Kier molecular flexibility index (Phi) is 4.18. The molecule has 17 heavy (non-hydrogen) atoms. The summed E-state index contributed by atoms with van der Waals surface area (Å²) < 4.78 is 15.5. The van der Waals surface area contributed by atoms with Crippen LogP contribution in [0.2, 0.25) is 0 Å². The fourth-order valence-corrected chi connectivity index (χ4v) is 3.75. The van der Waals surface area contributed by atoms with Crippen molar-refractivity contribution in [2.24, 2.45) is 0 Å². The Bertz CT molecular complexity index is 594. The van der Waals surface area contributed by atoms with Crippen LogP contribution < -0.4 is 0 Å². The zero-order valence-electron chi connectivity index (χ0n) is 8.14. The van der Waals surface area contributed by atoms with Gasteiger partial charge in [0.05, 0.1) is 19.4 Å². The van der Waals surface area contributed by atoms with Crippen molar-refractivity contribution < 1.29 is 9.18 Å². The average molecular weight is 443 g/mol. The van der Waals surface area contributed by atoms with Gasteiger partial charge in [-0.15, -0.1) is 11.3 Å². The maximum Gasteiger partial charge on any atom is 0.207 e. The topological polar surface area (TPSA) is 17.1 Å². The summed E-state index contributed by atoms with van der Waals surface area (Å²) in [6.45, 7) is 0. The Morgan fingerprint density at radius 3 is 2.47 bits per heavy atom. The van der Waals surface area contributed by atoms with Gasteiger partial charge in [0.1, 0.15) is 5.82 Å². The van der Waals surface area contributed by atoms with Crippen LogP contribution in [0.15, 0.2) is 37.0 Å². The molecule has 0 amide bonds. The van der Waals surface area contributed by atoms with Crippen LogP contribution in [0.5, 0.6) is 0 Å². The summed E-state index contributed by atoms with van der Waals surface area (Å²) in [5, 5.41) is 1.78. The lowest BCUT2D eigenvalue weighted by molar-refractivity contribution is 0.103. The lowest BCUT2D eigenvalue weighted by atomic mass is 10.1. The highest BCUT2D eigenvalue weighted by Crippen LogP contribution is 2.34. The summed E-state index contributed by atoms with van der Waals surface area (Å²) in [5.41, 5.74) is 0.0643. The number of ketones is 1. The van der Waals surface area contributed by atoms with E-state index >= 15 is 0 Å². The molecule has 2 rings (SSSR count). The van der Waals surface area contributed by atoms with Crippen LogP contribution in [-0.2, 0) is 0 Å². The fourth-order valence-electron chi connectivity index (χ4n) is 1.28. The van der Waals surface area contributed by atoms with Gasteiger partial charge in [-0.3, -0.25) is 4.79 Å². The Hall–Kier alpha value is -0.0400. The molecule has 6 heteroatoms. The van der Waals surface area contributed by atoms with Gasteiger partial charge in [-0.1, -0.05) is 6.07 Å². The second-order valence-corrected chi connectivity index (χ2v) is 6.54. The van der Waals surface area contributed by atoms with Crippen molar-refractivity contribution in [1.29, 1.82) is 0 Å². The number of hydrogen-bond donors (Lipinski definition) is 0. The van der Waals surface area contributed by atoms with Gasteiger partial charge in [-0.25, -0.2) is 4.39 Å². The van der Waals surface area contributed by atoms with Gasteiger partial charge >= 0.3 is 0 Å². The van der Waals surface area contributed by atoms with Gasteiger partial charge in [-0.2, -0.15) is 0 Å². The molecule has 0 aliphatic heterocycles. The van der Waals surface area contributed by atoms with E-state index in [2.05, 4.69) is 47.8 Å². The van der Waals surface area contributed by atoms with E-state index in [0.717, 1.165) is 4.47 Å². The number of benzene rings is 1. The number of carbonyl (C=O) groups excluding carboxylic acids is 1. The van der Waals surface area contributed by atoms with Crippen molar-refractivity contribution in [2.75, 3.05) is 0 Å². The molecule has 0 atom stereocenters. The molecular weight excluding hydrogens is 439 g/mol. The van der Waals surface area contributed by atoms with E-state index in [0.29, 0.717) is 9.35 Å². The maximum absolute atomic E-state index is 13.8. The molecule has 1 aromatic heterocycles. The number of carbonyl (C=O) groups is 1. The van der Waals surface area contributed by atoms with E-state index in [4.69, 9.17) is 0 Å². The number of rotatable bonds is 2. The molecule has 0 saturated carbocycles. The molecule has 1 aromatic carbocycles. The van der Waals surface area contributed by atoms with Crippen molar-refractivity contribution in [3.05, 3.63) is 53.3 Å². The van der Waals surface area contributed by atoms with Gasteiger partial charge in [0.25, 0.3) is 0 Å². The van der Waals surface area contributed by atoms with E-state index < -0.39 is 5.82 Å². The minimum Gasteiger partial charge on any atom is -0.288 e. The summed E-state index contributed by atoms with van der Waals surface area (Å²) in [5.74, 6) is -0.861. The first-order chi connectivity index (χ1) is 8.02. The van der Waals surface area contributed by atoms with Crippen molar-refractivity contribution in [3.8, 4) is 0 Å². The van der Waals surface area contributed by atoms with Gasteiger partial charge in [0.15, 0.2) is 0 Å².